The summed E-state index contributed by atoms with van der Waals surface area (Å²) in [6.07, 6.45) is 4.00. The Morgan fingerprint density at radius 2 is 2.36 bits per heavy atom. The number of thioether (sulfide) groups is 1. The van der Waals surface area contributed by atoms with Crippen molar-refractivity contribution in [2.24, 2.45) is 0 Å². The van der Waals surface area contributed by atoms with E-state index in [1.165, 1.54) is 6.08 Å². The van der Waals surface area contributed by atoms with Crippen LogP contribution in [0.3, 0.4) is 0 Å². The van der Waals surface area contributed by atoms with Crippen molar-refractivity contribution in [3.05, 3.63) is 12.2 Å². The second-order valence-corrected chi connectivity index (χ2v) is 3.76. The molecular formula is C8H14O2S. The van der Waals surface area contributed by atoms with E-state index in [4.69, 9.17) is 5.11 Å². The van der Waals surface area contributed by atoms with E-state index in [1.54, 1.807) is 17.8 Å². The highest BCUT2D eigenvalue weighted by Gasteiger charge is 1.95. The van der Waals surface area contributed by atoms with Gasteiger partial charge in [0.1, 0.15) is 0 Å². The van der Waals surface area contributed by atoms with Gasteiger partial charge in [0.05, 0.1) is 0 Å². The smallest absolute Gasteiger partial charge is 0.328 e. The molecule has 0 aromatic rings. The lowest BCUT2D eigenvalue weighted by Gasteiger charge is -2.03. The molecule has 0 heterocycles. The Morgan fingerprint density at radius 1 is 1.73 bits per heavy atom. The van der Waals surface area contributed by atoms with Gasteiger partial charge in [-0.15, -0.1) is 0 Å². The van der Waals surface area contributed by atoms with Crippen LogP contribution in [0.4, 0.5) is 0 Å². The zero-order chi connectivity index (χ0) is 8.69. The molecule has 0 spiro atoms. The van der Waals surface area contributed by atoms with Crippen molar-refractivity contribution >= 4 is 17.7 Å². The summed E-state index contributed by atoms with van der Waals surface area (Å²) in [5.41, 5.74) is 0. The SMILES string of the molecule is CCC(C)SCC=CC(=O)O. The fourth-order valence-corrected chi connectivity index (χ4v) is 1.26. The van der Waals surface area contributed by atoms with Gasteiger partial charge in [-0.3, -0.25) is 0 Å². The van der Waals surface area contributed by atoms with Crippen molar-refractivity contribution in [1.29, 1.82) is 0 Å². The van der Waals surface area contributed by atoms with Crippen molar-refractivity contribution < 1.29 is 9.90 Å². The van der Waals surface area contributed by atoms with Crippen LogP contribution in [-0.2, 0) is 4.79 Å². The molecule has 1 unspecified atom stereocenters. The van der Waals surface area contributed by atoms with Crippen molar-refractivity contribution in [3.63, 3.8) is 0 Å². The second kappa shape index (κ2) is 6.28. The van der Waals surface area contributed by atoms with Gasteiger partial charge in [0.2, 0.25) is 0 Å². The lowest BCUT2D eigenvalue weighted by molar-refractivity contribution is -0.131. The van der Waals surface area contributed by atoms with E-state index in [0.717, 1.165) is 12.2 Å². The summed E-state index contributed by atoms with van der Waals surface area (Å²) in [5.74, 6) is -0.0730. The third kappa shape index (κ3) is 7.46. The number of rotatable bonds is 5. The summed E-state index contributed by atoms with van der Waals surface area (Å²) in [4.78, 5) is 10.0. The zero-order valence-corrected chi connectivity index (χ0v) is 7.73. The fourth-order valence-electron chi connectivity index (χ4n) is 0.487. The number of hydrogen-bond acceptors (Lipinski definition) is 2. The number of hydrogen-bond donors (Lipinski definition) is 1. The summed E-state index contributed by atoms with van der Waals surface area (Å²) < 4.78 is 0. The maximum Gasteiger partial charge on any atom is 0.328 e. The first kappa shape index (κ1) is 10.6. The first-order valence-corrected chi connectivity index (χ1v) is 4.72. The van der Waals surface area contributed by atoms with Crippen molar-refractivity contribution in [2.75, 3.05) is 5.75 Å². The molecule has 0 aliphatic rings. The van der Waals surface area contributed by atoms with Gasteiger partial charge in [0.25, 0.3) is 0 Å². The molecule has 3 heteroatoms. The number of aliphatic carboxylic acids is 1. The molecule has 11 heavy (non-hydrogen) atoms. The van der Waals surface area contributed by atoms with Crippen LogP contribution >= 0.6 is 11.8 Å². The Balaban J connectivity index is 3.33. The van der Waals surface area contributed by atoms with E-state index in [0.29, 0.717) is 5.25 Å². The number of carbonyl (C=O) groups is 1. The third-order valence-electron chi connectivity index (χ3n) is 1.31. The van der Waals surface area contributed by atoms with Crippen LogP contribution in [0.25, 0.3) is 0 Å². The summed E-state index contributed by atoms with van der Waals surface area (Å²) in [5, 5.41) is 8.86. The molecule has 0 aliphatic carbocycles. The first-order chi connectivity index (χ1) is 5.16. The molecular weight excluding hydrogens is 160 g/mol. The molecule has 0 rings (SSSR count). The zero-order valence-electron chi connectivity index (χ0n) is 6.91. The van der Waals surface area contributed by atoms with Gasteiger partial charge in [-0.25, -0.2) is 4.79 Å². The van der Waals surface area contributed by atoms with Gasteiger partial charge >= 0.3 is 5.97 Å². The third-order valence-corrected chi connectivity index (χ3v) is 2.60. The Kier molecular flexibility index (Phi) is 6.03. The molecule has 2 nitrogen and oxygen atoms in total. The molecule has 0 aromatic carbocycles. The standard InChI is InChI=1S/C8H14O2S/c1-3-7(2)11-6-4-5-8(9)10/h4-5,7H,3,6H2,1-2H3,(H,9,10). The van der Waals surface area contributed by atoms with E-state index >= 15 is 0 Å². The Hall–Kier alpha value is -0.440. The molecule has 0 saturated carbocycles. The van der Waals surface area contributed by atoms with Crippen molar-refractivity contribution in [1.82, 2.24) is 0 Å². The Labute approximate surface area is 71.7 Å². The van der Waals surface area contributed by atoms with Crippen molar-refractivity contribution in [2.45, 2.75) is 25.5 Å². The summed E-state index contributed by atoms with van der Waals surface area (Å²) in [6, 6.07) is 0. The predicted molar refractivity (Wildman–Crippen MR) is 49.0 cm³/mol. The maximum atomic E-state index is 10.0. The van der Waals surface area contributed by atoms with Crippen molar-refractivity contribution in [3.8, 4) is 0 Å². The van der Waals surface area contributed by atoms with Crippen LogP contribution in [0, 0.1) is 0 Å². The van der Waals surface area contributed by atoms with Crippen LogP contribution in [0.5, 0.6) is 0 Å². The number of carboxylic acid groups (broad SMARTS) is 1. The summed E-state index contributed by atoms with van der Waals surface area (Å²) in [6.45, 7) is 4.26. The molecule has 0 aliphatic heterocycles. The quantitative estimate of drug-likeness (QED) is 0.649. The highest BCUT2D eigenvalue weighted by atomic mass is 32.2. The lowest BCUT2D eigenvalue weighted by Crippen LogP contribution is -1.93. The second-order valence-electron chi connectivity index (χ2n) is 2.29. The minimum absolute atomic E-state index is 0.619. The fraction of sp³-hybridized carbons (Fsp3) is 0.625. The molecule has 1 N–H and O–H groups in total. The molecule has 0 bridgehead atoms. The Morgan fingerprint density at radius 3 is 2.82 bits per heavy atom. The highest BCUT2D eigenvalue weighted by Crippen LogP contribution is 2.12. The number of carboxylic acids is 1. The molecule has 0 fully saturated rings. The van der Waals surface area contributed by atoms with E-state index in [-0.39, 0.29) is 0 Å². The maximum absolute atomic E-state index is 10.0. The monoisotopic (exact) mass is 174 g/mol. The van der Waals surface area contributed by atoms with Gasteiger partial charge in [-0.05, 0) is 6.42 Å². The normalized spacial score (nSPS) is 13.6. The van der Waals surface area contributed by atoms with Gasteiger partial charge in [-0.1, -0.05) is 19.9 Å². The molecule has 1 atom stereocenters. The largest absolute Gasteiger partial charge is 0.478 e. The van der Waals surface area contributed by atoms with E-state index in [2.05, 4.69) is 13.8 Å². The van der Waals surface area contributed by atoms with E-state index < -0.39 is 5.97 Å². The molecule has 0 aromatic heterocycles. The van der Waals surface area contributed by atoms with Gasteiger partial charge in [-0.2, -0.15) is 11.8 Å². The average molecular weight is 174 g/mol. The van der Waals surface area contributed by atoms with Crippen LogP contribution in [0.15, 0.2) is 12.2 Å². The topological polar surface area (TPSA) is 37.3 Å². The average Bonchev–Trinajstić information content (AvgIpc) is 1.97. The minimum Gasteiger partial charge on any atom is -0.478 e. The van der Waals surface area contributed by atoms with Crippen LogP contribution in [0.1, 0.15) is 20.3 Å². The highest BCUT2D eigenvalue weighted by molar-refractivity contribution is 8.00. The van der Waals surface area contributed by atoms with Crippen LogP contribution in [0.2, 0.25) is 0 Å². The molecule has 0 amide bonds. The molecule has 0 radical (unpaired) electrons. The van der Waals surface area contributed by atoms with E-state index in [9.17, 15) is 4.79 Å². The Bertz CT molecular complexity index is 143. The van der Waals surface area contributed by atoms with Gasteiger partial charge in [0, 0.05) is 17.1 Å². The van der Waals surface area contributed by atoms with Gasteiger partial charge < -0.3 is 5.11 Å². The van der Waals surface area contributed by atoms with Crippen LogP contribution in [-0.4, -0.2) is 22.1 Å². The summed E-state index contributed by atoms with van der Waals surface area (Å²) >= 11 is 1.77. The van der Waals surface area contributed by atoms with Crippen LogP contribution < -0.4 is 0 Å². The first-order valence-electron chi connectivity index (χ1n) is 3.68. The minimum atomic E-state index is -0.866. The predicted octanol–water partition coefficient (Wildman–Crippen LogP) is 2.16. The lowest BCUT2D eigenvalue weighted by atomic mass is 10.4. The van der Waals surface area contributed by atoms with Gasteiger partial charge in [0.15, 0.2) is 0 Å². The molecule has 64 valence electrons. The van der Waals surface area contributed by atoms with E-state index in [1.807, 2.05) is 0 Å². The molecule has 0 saturated heterocycles. The summed E-state index contributed by atoms with van der Waals surface area (Å²) in [7, 11) is 0.